The largest absolute Gasteiger partial charge is 0.369 e. The Morgan fingerprint density at radius 2 is 1.95 bits per heavy atom. The third kappa shape index (κ3) is 4.08. The first kappa shape index (κ1) is 14.1. The van der Waals surface area contributed by atoms with E-state index in [0.717, 1.165) is 36.3 Å². The van der Waals surface area contributed by atoms with E-state index in [2.05, 4.69) is 41.4 Å². The van der Waals surface area contributed by atoms with E-state index in [9.17, 15) is 0 Å². The molecule has 1 fully saturated rings. The fourth-order valence-electron chi connectivity index (χ4n) is 2.64. The Hall–Kier alpha value is -1.32. The number of nitrogens with one attached hydrogen (secondary N) is 2. The van der Waals surface area contributed by atoms with Crippen LogP contribution in [0, 0.1) is 18.8 Å². The Morgan fingerprint density at radius 3 is 2.63 bits per heavy atom. The van der Waals surface area contributed by atoms with Crippen LogP contribution in [0.5, 0.6) is 0 Å². The average molecular weight is 262 g/mol. The number of aromatic nitrogens is 2. The first-order chi connectivity index (χ1) is 9.19. The van der Waals surface area contributed by atoms with Crippen LogP contribution in [0.4, 0.5) is 11.8 Å². The van der Waals surface area contributed by atoms with E-state index in [0.29, 0.717) is 5.95 Å². The first-order valence-electron chi connectivity index (χ1n) is 7.50. The van der Waals surface area contributed by atoms with E-state index in [1.165, 1.54) is 25.7 Å². The molecule has 0 bridgehead atoms. The first-order valence-corrected chi connectivity index (χ1v) is 7.50. The summed E-state index contributed by atoms with van der Waals surface area (Å²) in [6.45, 7) is 8.36. The van der Waals surface area contributed by atoms with Gasteiger partial charge in [0.05, 0.1) is 0 Å². The van der Waals surface area contributed by atoms with Crippen molar-refractivity contribution in [2.75, 3.05) is 23.7 Å². The van der Waals surface area contributed by atoms with Crippen LogP contribution in [-0.2, 0) is 0 Å². The summed E-state index contributed by atoms with van der Waals surface area (Å²) >= 11 is 0. The standard InChI is InChI=1S/C15H26N4/c1-4-16-15-18-9-12(3)14(19-15)17-10-13-7-5-11(2)6-8-13/h9,11,13H,4-8,10H2,1-3H3,(H2,16,17,18,19). The van der Waals surface area contributed by atoms with E-state index in [1.807, 2.05) is 6.20 Å². The summed E-state index contributed by atoms with van der Waals surface area (Å²) in [5, 5.41) is 6.66. The molecule has 0 aromatic carbocycles. The van der Waals surface area contributed by atoms with Crippen molar-refractivity contribution in [3.05, 3.63) is 11.8 Å². The Kier molecular flexibility index (Phi) is 5.00. The number of aryl methyl sites for hydroxylation is 1. The van der Waals surface area contributed by atoms with E-state index in [4.69, 9.17) is 0 Å². The highest BCUT2D eigenvalue weighted by molar-refractivity contribution is 5.46. The highest BCUT2D eigenvalue weighted by Gasteiger charge is 2.18. The Balaban J connectivity index is 1.89. The summed E-state index contributed by atoms with van der Waals surface area (Å²) in [7, 11) is 0. The number of nitrogens with zero attached hydrogens (tertiary/aromatic N) is 2. The molecule has 0 spiro atoms. The summed E-state index contributed by atoms with van der Waals surface area (Å²) in [6.07, 6.45) is 7.32. The van der Waals surface area contributed by atoms with Crippen LogP contribution in [0.1, 0.15) is 45.1 Å². The molecule has 2 N–H and O–H groups in total. The molecule has 0 radical (unpaired) electrons. The minimum atomic E-state index is 0.716. The van der Waals surface area contributed by atoms with E-state index < -0.39 is 0 Å². The lowest BCUT2D eigenvalue weighted by molar-refractivity contribution is 0.300. The predicted molar refractivity (Wildman–Crippen MR) is 80.5 cm³/mol. The topological polar surface area (TPSA) is 49.8 Å². The minimum Gasteiger partial charge on any atom is -0.369 e. The monoisotopic (exact) mass is 262 g/mol. The van der Waals surface area contributed by atoms with E-state index in [-0.39, 0.29) is 0 Å². The van der Waals surface area contributed by atoms with Crippen LogP contribution in [0.3, 0.4) is 0 Å². The highest BCUT2D eigenvalue weighted by Crippen LogP contribution is 2.28. The van der Waals surface area contributed by atoms with Crippen LogP contribution >= 0.6 is 0 Å². The number of hydrogen-bond acceptors (Lipinski definition) is 4. The highest BCUT2D eigenvalue weighted by atomic mass is 15.1. The molecule has 0 aliphatic heterocycles. The van der Waals surface area contributed by atoms with Crippen molar-refractivity contribution < 1.29 is 0 Å². The molecule has 0 saturated heterocycles. The van der Waals surface area contributed by atoms with E-state index in [1.54, 1.807) is 0 Å². The van der Waals surface area contributed by atoms with Crippen LogP contribution in [0.2, 0.25) is 0 Å². The summed E-state index contributed by atoms with van der Waals surface area (Å²) in [5.74, 6) is 3.41. The zero-order chi connectivity index (χ0) is 13.7. The number of anilines is 2. The van der Waals surface area contributed by atoms with Gasteiger partial charge < -0.3 is 10.6 Å². The van der Waals surface area contributed by atoms with Gasteiger partial charge in [0, 0.05) is 24.8 Å². The molecule has 1 aliphatic rings. The molecule has 2 rings (SSSR count). The lowest BCUT2D eigenvalue weighted by atomic mass is 9.83. The molecule has 1 aromatic heterocycles. The maximum absolute atomic E-state index is 4.53. The lowest BCUT2D eigenvalue weighted by Crippen LogP contribution is -2.21. The number of rotatable bonds is 5. The van der Waals surface area contributed by atoms with Gasteiger partial charge in [-0.05, 0) is 38.5 Å². The minimum absolute atomic E-state index is 0.716. The average Bonchev–Trinajstić information content (AvgIpc) is 2.41. The van der Waals surface area contributed by atoms with Crippen molar-refractivity contribution in [3.8, 4) is 0 Å². The summed E-state index contributed by atoms with van der Waals surface area (Å²) in [6, 6.07) is 0. The maximum Gasteiger partial charge on any atom is 0.224 e. The summed E-state index contributed by atoms with van der Waals surface area (Å²) in [5.41, 5.74) is 1.12. The van der Waals surface area contributed by atoms with Gasteiger partial charge in [0.15, 0.2) is 0 Å². The Morgan fingerprint density at radius 1 is 1.21 bits per heavy atom. The molecular formula is C15H26N4. The molecule has 0 atom stereocenters. The van der Waals surface area contributed by atoms with Crippen LogP contribution in [0.25, 0.3) is 0 Å². The maximum atomic E-state index is 4.53. The summed E-state index contributed by atoms with van der Waals surface area (Å²) in [4.78, 5) is 8.80. The van der Waals surface area contributed by atoms with Crippen molar-refractivity contribution in [1.82, 2.24) is 9.97 Å². The molecule has 106 valence electrons. The molecule has 1 saturated carbocycles. The van der Waals surface area contributed by atoms with Gasteiger partial charge in [0.25, 0.3) is 0 Å². The van der Waals surface area contributed by atoms with Gasteiger partial charge in [-0.1, -0.05) is 19.8 Å². The van der Waals surface area contributed by atoms with Crippen LogP contribution < -0.4 is 10.6 Å². The third-order valence-corrected chi connectivity index (χ3v) is 4.00. The fourth-order valence-corrected chi connectivity index (χ4v) is 2.64. The smallest absolute Gasteiger partial charge is 0.224 e. The molecule has 19 heavy (non-hydrogen) atoms. The predicted octanol–water partition coefficient (Wildman–Crippen LogP) is 3.46. The van der Waals surface area contributed by atoms with Crippen molar-refractivity contribution in [1.29, 1.82) is 0 Å². The molecule has 0 amide bonds. The van der Waals surface area contributed by atoms with Crippen LogP contribution in [-0.4, -0.2) is 23.1 Å². The van der Waals surface area contributed by atoms with Crippen molar-refractivity contribution in [2.24, 2.45) is 11.8 Å². The second kappa shape index (κ2) is 6.73. The SMILES string of the molecule is CCNc1ncc(C)c(NCC2CCC(C)CC2)n1. The van der Waals surface area contributed by atoms with E-state index >= 15 is 0 Å². The van der Waals surface area contributed by atoms with Gasteiger partial charge in [0.1, 0.15) is 5.82 Å². The molecule has 0 unspecified atom stereocenters. The molecular weight excluding hydrogens is 236 g/mol. The normalized spacial score (nSPS) is 23.1. The molecule has 4 heteroatoms. The van der Waals surface area contributed by atoms with Crippen LogP contribution in [0.15, 0.2) is 6.20 Å². The zero-order valence-electron chi connectivity index (χ0n) is 12.4. The van der Waals surface area contributed by atoms with Gasteiger partial charge in [-0.15, -0.1) is 0 Å². The molecule has 1 heterocycles. The van der Waals surface area contributed by atoms with Gasteiger partial charge in [-0.3, -0.25) is 0 Å². The van der Waals surface area contributed by atoms with Crippen molar-refractivity contribution >= 4 is 11.8 Å². The second-order valence-electron chi connectivity index (χ2n) is 5.76. The fraction of sp³-hybridized carbons (Fsp3) is 0.733. The Labute approximate surface area is 116 Å². The van der Waals surface area contributed by atoms with Crippen molar-refractivity contribution in [3.63, 3.8) is 0 Å². The Bertz CT molecular complexity index is 397. The van der Waals surface area contributed by atoms with Gasteiger partial charge in [-0.2, -0.15) is 4.98 Å². The zero-order valence-corrected chi connectivity index (χ0v) is 12.4. The molecule has 1 aromatic rings. The lowest BCUT2D eigenvalue weighted by Gasteiger charge is -2.26. The molecule has 1 aliphatic carbocycles. The van der Waals surface area contributed by atoms with Gasteiger partial charge in [0.2, 0.25) is 5.95 Å². The molecule has 4 nitrogen and oxygen atoms in total. The van der Waals surface area contributed by atoms with Crippen molar-refractivity contribution in [2.45, 2.75) is 46.5 Å². The second-order valence-corrected chi connectivity index (χ2v) is 5.76. The number of hydrogen-bond donors (Lipinski definition) is 2. The van der Waals surface area contributed by atoms with Gasteiger partial charge >= 0.3 is 0 Å². The quantitative estimate of drug-likeness (QED) is 0.853. The third-order valence-electron chi connectivity index (χ3n) is 4.00. The summed E-state index contributed by atoms with van der Waals surface area (Å²) < 4.78 is 0. The van der Waals surface area contributed by atoms with Gasteiger partial charge in [-0.25, -0.2) is 4.98 Å².